The Bertz CT molecular complexity index is 659. The maximum Gasteiger partial charge on any atom is 0.0992 e. The quantitative estimate of drug-likeness (QED) is 0.911. The zero-order valence-electron chi connectivity index (χ0n) is 12.0. The van der Waals surface area contributed by atoms with E-state index in [9.17, 15) is 5.11 Å². The van der Waals surface area contributed by atoms with Crippen LogP contribution in [0.25, 0.3) is 0 Å². The van der Waals surface area contributed by atoms with Crippen molar-refractivity contribution in [3.63, 3.8) is 0 Å². The molecule has 0 saturated heterocycles. The summed E-state index contributed by atoms with van der Waals surface area (Å²) in [6.45, 7) is 2.44. The Kier molecular flexibility index (Phi) is 5.00. The molecule has 2 aromatic carbocycles. The van der Waals surface area contributed by atoms with E-state index in [1.54, 1.807) is 13.0 Å². The molecule has 108 valence electrons. The van der Waals surface area contributed by atoms with Gasteiger partial charge in [0.25, 0.3) is 0 Å². The highest BCUT2D eigenvalue weighted by molar-refractivity contribution is 9.10. The predicted molar refractivity (Wildman–Crippen MR) is 88.0 cm³/mol. The van der Waals surface area contributed by atoms with Gasteiger partial charge in [-0.3, -0.25) is 0 Å². The van der Waals surface area contributed by atoms with E-state index in [1.807, 2.05) is 36.2 Å². The van der Waals surface area contributed by atoms with Crippen molar-refractivity contribution in [3.05, 3.63) is 63.6 Å². The zero-order valence-corrected chi connectivity index (χ0v) is 13.6. The van der Waals surface area contributed by atoms with Crippen LogP contribution in [0.5, 0.6) is 0 Å². The lowest BCUT2D eigenvalue weighted by Crippen LogP contribution is -2.18. The second-order valence-electron chi connectivity index (χ2n) is 5.04. The molecule has 0 bridgehead atoms. The van der Waals surface area contributed by atoms with Gasteiger partial charge in [0.2, 0.25) is 0 Å². The van der Waals surface area contributed by atoms with Crippen LogP contribution in [0.2, 0.25) is 0 Å². The summed E-state index contributed by atoms with van der Waals surface area (Å²) in [5, 5.41) is 19.0. The van der Waals surface area contributed by atoms with Crippen molar-refractivity contribution >= 4 is 21.6 Å². The molecule has 0 heterocycles. The van der Waals surface area contributed by atoms with E-state index in [-0.39, 0.29) is 0 Å². The molecular weight excluding hydrogens is 328 g/mol. The molecule has 21 heavy (non-hydrogen) atoms. The number of anilines is 1. The summed E-state index contributed by atoms with van der Waals surface area (Å²) in [5.74, 6) is 0. The van der Waals surface area contributed by atoms with Crippen LogP contribution in [0.3, 0.4) is 0 Å². The molecule has 2 rings (SSSR count). The van der Waals surface area contributed by atoms with Crippen LogP contribution < -0.4 is 4.90 Å². The first-order chi connectivity index (χ1) is 10.0. The van der Waals surface area contributed by atoms with Crippen molar-refractivity contribution in [1.29, 1.82) is 5.26 Å². The van der Waals surface area contributed by atoms with Crippen LogP contribution in [0.4, 0.5) is 5.69 Å². The Morgan fingerprint density at radius 1 is 1.24 bits per heavy atom. The molecule has 0 radical (unpaired) electrons. The van der Waals surface area contributed by atoms with Crippen LogP contribution in [0.15, 0.2) is 46.9 Å². The van der Waals surface area contributed by atoms with E-state index < -0.39 is 6.10 Å². The summed E-state index contributed by atoms with van der Waals surface area (Å²) < 4.78 is 1.05. The van der Waals surface area contributed by atoms with Gasteiger partial charge >= 0.3 is 0 Å². The van der Waals surface area contributed by atoms with Crippen molar-refractivity contribution in [2.45, 2.75) is 19.6 Å². The lowest BCUT2D eigenvalue weighted by Gasteiger charge is -2.24. The van der Waals surface area contributed by atoms with Gasteiger partial charge in [0.05, 0.1) is 17.7 Å². The minimum absolute atomic E-state index is 0.569. The number of nitriles is 1. The molecule has 2 aromatic rings. The highest BCUT2D eigenvalue weighted by atomic mass is 79.9. The molecule has 0 saturated carbocycles. The number of halogens is 1. The van der Waals surface area contributed by atoms with Crippen LogP contribution in [-0.2, 0) is 6.54 Å². The first-order valence-electron chi connectivity index (χ1n) is 6.69. The van der Waals surface area contributed by atoms with Gasteiger partial charge in [-0.15, -0.1) is 0 Å². The highest BCUT2D eigenvalue weighted by Gasteiger charge is 2.13. The molecule has 1 atom stereocenters. The van der Waals surface area contributed by atoms with Gasteiger partial charge in [-0.2, -0.15) is 5.26 Å². The van der Waals surface area contributed by atoms with Gasteiger partial charge in [0, 0.05) is 29.3 Å². The fourth-order valence-corrected chi connectivity index (χ4v) is 2.51. The van der Waals surface area contributed by atoms with Crippen molar-refractivity contribution in [2.75, 3.05) is 11.9 Å². The zero-order chi connectivity index (χ0) is 15.4. The summed E-state index contributed by atoms with van der Waals surface area (Å²) in [4.78, 5) is 2.05. The monoisotopic (exact) mass is 344 g/mol. The molecule has 0 amide bonds. The molecule has 0 spiro atoms. The number of aliphatic hydroxyl groups excluding tert-OH is 1. The van der Waals surface area contributed by atoms with E-state index in [0.717, 1.165) is 15.7 Å². The molecule has 0 aromatic heterocycles. The van der Waals surface area contributed by atoms with Gasteiger partial charge in [-0.25, -0.2) is 0 Å². The van der Waals surface area contributed by atoms with Gasteiger partial charge in [-0.1, -0.05) is 34.1 Å². The van der Waals surface area contributed by atoms with E-state index in [1.165, 1.54) is 5.56 Å². The minimum atomic E-state index is -0.569. The molecule has 0 aliphatic heterocycles. The maximum absolute atomic E-state index is 9.90. The molecule has 0 aliphatic carbocycles. The van der Waals surface area contributed by atoms with Crippen LogP contribution in [0.1, 0.15) is 29.7 Å². The lowest BCUT2D eigenvalue weighted by atomic mass is 10.0. The Labute approximate surface area is 133 Å². The fourth-order valence-electron chi connectivity index (χ4n) is 2.25. The summed E-state index contributed by atoms with van der Waals surface area (Å²) in [5.41, 5.74) is 3.47. The first kappa shape index (κ1) is 15.6. The Morgan fingerprint density at radius 2 is 1.90 bits per heavy atom. The molecule has 4 heteroatoms. The molecule has 1 N–H and O–H groups in total. The second-order valence-corrected chi connectivity index (χ2v) is 5.96. The van der Waals surface area contributed by atoms with Gasteiger partial charge in [0.15, 0.2) is 0 Å². The molecule has 0 unspecified atom stereocenters. The highest BCUT2D eigenvalue weighted by Crippen LogP contribution is 2.28. The van der Waals surface area contributed by atoms with Crippen molar-refractivity contribution in [2.24, 2.45) is 0 Å². The normalized spacial score (nSPS) is 11.8. The summed E-state index contributed by atoms with van der Waals surface area (Å²) in [7, 11) is 1.96. The summed E-state index contributed by atoms with van der Waals surface area (Å²) in [6, 6.07) is 15.6. The van der Waals surface area contributed by atoms with Gasteiger partial charge < -0.3 is 10.0 Å². The smallest absolute Gasteiger partial charge is 0.0992 e. The summed E-state index contributed by atoms with van der Waals surface area (Å²) >= 11 is 3.42. The third-order valence-corrected chi connectivity index (χ3v) is 3.88. The van der Waals surface area contributed by atoms with Crippen molar-refractivity contribution in [3.8, 4) is 6.07 Å². The largest absolute Gasteiger partial charge is 0.389 e. The van der Waals surface area contributed by atoms with E-state index >= 15 is 0 Å². The molecular formula is C17H17BrN2O. The topological polar surface area (TPSA) is 47.3 Å². The minimum Gasteiger partial charge on any atom is -0.389 e. The van der Waals surface area contributed by atoms with Crippen LogP contribution in [-0.4, -0.2) is 12.2 Å². The Balaban J connectivity index is 2.31. The second kappa shape index (κ2) is 6.75. The van der Waals surface area contributed by atoms with Crippen molar-refractivity contribution < 1.29 is 5.11 Å². The average molecular weight is 345 g/mol. The van der Waals surface area contributed by atoms with Crippen molar-refractivity contribution in [1.82, 2.24) is 0 Å². The lowest BCUT2D eigenvalue weighted by molar-refractivity contribution is 0.199. The van der Waals surface area contributed by atoms with E-state index in [0.29, 0.717) is 12.1 Å². The molecule has 0 fully saturated rings. The third kappa shape index (κ3) is 3.84. The fraction of sp³-hybridized carbons (Fsp3) is 0.235. The molecule has 3 nitrogen and oxygen atoms in total. The first-order valence-corrected chi connectivity index (χ1v) is 7.48. The van der Waals surface area contributed by atoms with Crippen LogP contribution >= 0.6 is 15.9 Å². The van der Waals surface area contributed by atoms with Gasteiger partial charge in [-0.05, 0) is 36.8 Å². The Hall–Kier alpha value is -1.83. The maximum atomic E-state index is 9.90. The van der Waals surface area contributed by atoms with Gasteiger partial charge in [0.1, 0.15) is 0 Å². The number of aliphatic hydroxyl groups is 1. The standard InChI is InChI=1S/C17H17BrN2O/c1-12(21)16-8-5-14(10-19)9-17(16)20(2)11-13-3-6-15(18)7-4-13/h3-9,12,21H,11H2,1-2H3/t12-/m0/s1. The van der Waals surface area contributed by atoms with E-state index in [2.05, 4.69) is 34.1 Å². The SMILES string of the molecule is C[C@H](O)c1ccc(C#N)cc1N(C)Cc1ccc(Br)cc1. The number of rotatable bonds is 4. The summed E-state index contributed by atoms with van der Waals surface area (Å²) in [6.07, 6.45) is -0.569. The number of nitrogens with zero attached hydrogens (tertiary/aromatic N) is 2. The molecule has 0 aliphatic rings. The number of hydrogen-bond acceptors (Lipinski definition) is 3. The average Bonchev–Trinajstić information content (AvgIpc) is 2.48. The van der Waals surface area contributed by atoms with E-state index in [4.69, 9.17) is 5.26 Å². The Morgan fingerprint density at radius 3 is 2.48 bits per heavy atom. The van der Waals surface area contributed by atoms with Crippen LogP contribution in [0, 0.1) is 11.3 Å². The predicted octanol–water partition coefficient (Wildman–Crippen LogP) is 4.01. The third-order valence-electron chi connectivity index (χ3n) is 3.35. The number of benzene rings is 2. The number of hydrogen-bond donors (Lipinski definition) is 1.